The number of benzene rings is 1. The average molecular weight is 319 g/mol. The summed E-state index contributed by atoms with van der Waals surface area (Å²) in [6.07, 6.45) is -0.605. The second kappa shape index (κ2) is 7.29. The fourth-order valence-corrected chi connectivity index (χ4v) is 3.04. The fourth-order valence-electron chi connectivity index (χ4n) is 3.04. The Morgan fingerprint density at radius 1 is 1.13 bits per heavy atom. The minimum absolute atomic E-state index is 0.0422. The quantitative estimate of drug-likeness (QED) is 0.848. The van der Waals surface area contributed by atoms with Crippen LogP contribution in [0.15, 0.2) is 24.3 Å². The van der Waals surface area contributed by atoms with E-state index < -0.39 is 6.10 Å². The van der Waals surface area contributed by atoms with Crippen LogP contribution in [0.3, 0.4) is 0 Å². The third kappa shape index (κ3) is 4.02. The van der Waals surface area contributed by atoms with Crippen LogP contribution in [-0.4, -0.2) is 86.4 Å². The molecule has 0 spiro atoms. The number of hydrogen-bond acceptors (Lipinski definition) is 5. The van der Waals surface area contributed by atoms with Gasteiger partial charge < -0.3 is 24.5 Å². The first-order valence-electron chi connectivity index (χ1n) is 8.22. The normalized spacial score (nSPS) is 23.7. The van der Waals surface area contributed by atoms with Crippen LogP contribution in [0.1, 0.15) is 10.4 Å². The van der Waals surface area contributed by atoms with E-state index in [1.165, 1.54) is 0 Å². The molecule has 6 heteroatoms. The largest absolute Gasteiger partial charge is 0.389 e. The van der Waals surface area contributed by atoms with Gasteiger partial charge in [-0.05, 0) is 31.3 Å². The van der Waals surface area contributed by atoms with Crippen molar-refractivity contribution in [2.75, 3.05) is 64.4 Å². The Morgan fingerprint density at radius 3 is 2.52 bits per heavy atom. The van der Waals surface area contributed by atoms with Crippen LogP contribution in [0.2, 0.25) is 0 Å². The van der Waals surface area contributed by atoms with E-state index in [4.69, 9.17) is 4.74 Å². The van der Waals surface area contributed by atoms with Crippen molar-refractivity contribution in [1.29, 1.82) is 0 Å². The van der Waals surface area contributed by atoms with E-state index in [0.717, 1.165) is 31.9 Å². The Labute approximate surface area is 137 Å². The molecule has 2 heterocycles. The van der Waals surface area contributed by atoms with Crippen LogP contribution < -0.4 is 4.90 Å². The highest BCUT2D eigenvalue weighted by Crippen LogP contribution is 2.18. The number of aliphatic hydroxyl groups excluding tert-OH is 1. The molecular weight excluding hydrogens is 294 g/mol. The third-order valence-corrected chi connectivity index (χ3v) is 4.52. The molecule has 3 rings (SSSR count). The summed E-state index contributed by atoms with van der Waals surface area (Å²) < 4.78 is 5.28. The number of ether oxygens (including phenoxy) is 1. The number of carbonyl (C=O) groups is 1. The molecule has 1 atom stereocenters. The number of nitrogens with zero attached hydrogens (tertiary/aromatic N) is 3. The molecule has 1 aromatic rings. The van der Waals surface area contributed by atoms with E-state index in [1.807, 2.05) is 24.3 Å². The molecule has 0 bridgehead atoms. The summed E-state index contributed by atoms with van der Waals surface area (Å²) in [6.45, 7) is 5.78. The second-order valence-corrected chi connectivity index (χ2v) is 6.32. The van der Waals surface area contributed by atoms with Gasteiger partial charge in [0.1, 0.15) is 0 Å². The van der Waals surface area contributed by atoms with E-state index in [0.29, 0.717) is 31.9 Å². The molecule has 0 saturated carbocycles. The number of hydrogen-bond donors (Lipinski definition) is 1. The van der Waals surface area contributed by atoms with Crippen LogP contribution in [0.4, 0.5) is 5.69 Å². The molecule has 2 saturated heterocycles. The lowest BCUT2D eigenvalue weighted by molar-refractivity contribution is 0.0534. The van der Waals surface area contributed by atoms with E-state index in [-0.39, 0.29) is 5.91 Å². The fraction of sp³-hybridized carbons (Fsp3) is 0.588. The molecule has 0 aliphatic carbocycles. The molecule has 2 fully saturated rings. The SMILES string of the molecule is CN1CCN(c2ccc(C(=O)N3CCOC[C@H](O)C3)cc2)CC1. The predicted octanol–water partition coefficient (Wildman–Crippen LogP) is 0.272. The Kier molecular flexibility index (Phi) is 5.15. The van der Waals surface area contributed by atoms with Gasteiger partial charge in [-0.1, -0.05) is 0 Å². The Hall–Kier alpha value is -1.63. The van der Waals surface area contributed by atoms with Gasteiger partial charge in [-0.3, -0.25) is 4.79 Å². The van der Waals surface area contributed by atoms with Crippen LogP contribution in [-0.2, 0) is 4.74 Å². The van der Waals surface area contributed by atoms with Gasteiger partial charge in [0.2, 0.25) is 0 Å². The Morgan fingerprint density at radius 2 is 1.83 bits per heavy atom. The van der Waals surface area contributed by atoms with Gasteiger partial charge in [-0.15, -0.1) is 0 Å². The summed E-state index contributed by atoms with van der Waals surface area (Å²) in [4.78, 5) is 18.9. The minimum atomic E-state index is -0.605. The van der Waals surface area contributed by atoms with Crippen molar-refractivity contribution in [1.82, 2.24) is 9.80 Å². The monoisotopic (exact) mass is 319 g/mol. The highest BCUT2D eigenvalue weighted by atomic mass is 16.5. The summed E-state index contributed by atoms with van der Waals surface area (Å²) in [7, 11) is 2.14. The van der Waals surface area contributed by atoms with Gasteiger partial charge in [0.15, 0.2) is 0 Å². The summed E-state index contributed by atoms with van der Waals surface area (Å²) >= 11 is 0. The lowest BCUT2D eigenvalue weighted by Gasteiger charge is -2.34. The van der Waals surface area contributed by atoms with Crippen molar-refractivity contribution in [3.05, 3.63) is 29.8 Å². The van der Waals surface area contributed by atoms with Crippen molar-refractivity contribution in [2.24, 2.45) is 0 Å². The first-order valence-corrected chi connectivity index (χ1v) is 8.22. The van der Waals surface area contributed by atoms with Crippen LogP contribution in [0, 0.1) is 0 Å². The van der Waals surface area contributed by atoms with E-state index in [1.54, 1.807) is 4.90 Å². The van der Waals surface area contributed by atoms with Gasteiger partial charge in [-0.25, -0.2) is 0 Å². The van der Waals surface area contributed by atoms with E-state index in [9.17, 15) is 9.90 Å². The van der Waals surface area contributed by atoms with E-state index >= 15 is 0 Å². The number of β-amino-alcohol motifs (C(OH)–C–C–N with tert-alkyl or cyclic N) is 1. The zero-order valence-corrected chi connectivity index (χ0v) is 13.6. The molecule has 1 aromatic carbocycles. The van der Waals surface area contributed by atoms with Crippen LogP contribution in [0.5, 0.6) is 0 Å². The average Bonchev–Trinajstić information content (AvgIpc) is 2.80. The molecule has 23 heavy (non-hydrogen) atoms. The number of likely N-dealkylation sites (N-methyl/N-ethyl adjacent to an activating group) is 1. The third-order valence-electron chi connectivity index (χ3n) is 4.52. The van der Waals surface area contributed by atoms with Crippen molar-refractivity contribution in [3.8, 4) is 0 Å². The molecule has 2 aliphatic heterocycles. The lowest BCUT2D eigenvalue weighted by Crippen LogP contribution is -2.44. The van der Waals surface area contributed by atoms with Gasteiger partial charge >= 0.3 is 0 Å². The zero-order valence-electron chi connectivity index (χ0n) is 13.6. The Balaban J connectivity index is 1.65. The highest BCUT2D eigenvalue weighted by Gasteiger charge is 2.22. The number of carbonyl (C=O) groups excluding carboxylic acids is 1. The zero-order chi connectivity index (χ0) is 16.2. The molecule has 2 aliphatic rings. The topological polar surface area (TPSA) is 56.2 Å². The first kappa shape index (κ1) is 16.2. The molecule has 126 valence electrons. The first-order chi connectivity index (χ1) is 11.1. The second-order valence-electron chi connectivity index (χ2n) is 6.32. The van der Waals surface area contributed by atoms with Gasteiger partial charge in [0, 0.05) is 50.5 Å². The number of piperazine rings is 1. The van der Waals surface area contributed by atoms with Gasteiger partial charge in [-0.2, -0.15) is 0 Å². The molecular formula is C17H25N3O3. The molecule has 0 aromatic heterocycles. The van der Waals surface area contributed by atoms with Gasteiger partial charge in [0.25, 0.3) is 5.91 Å². The number of amides is 1. The van der Waals surface area contributed by atoms with Crippen LogP contribution >= 0.6 is 0 Å². The lowest BCUT2D eigenvalue weighted by atomic mass is 10.1. The standard InChI is InChI=1S/C17H25N3O3/c1-18-6-8-19(9-7-18)15-4-2-14(3-5-15)17(22)20-10-11-23-13-16(21)12-20/h2-5,16,21H,6-13H2,1H3/t16-/m1/s1. The maximum absolute atomic E-state index is 12.6. The molecule has 1 N–H and O–H groups in total. The summed E-state index contributed by atoms with van der Waals surface area (Å²) in [5.74, 6) is -0.0422. The van der Waals surface area contributed by atoms with E-state index in [2.05, 4.69) is 16.8 Å². The van der Waals surface area contributed by atoms with Crippen molar-refractivity contribution < 1.29 is 14.6 Å². The minimum Gasteiger partial charge on any atom is -0.389 e. The molecule has 0 radical (unpaired) electrons. The summed E-state index contributed by atoms with van der Waals surface area (Å²) in [6, 6.07) is 7.80. The number of anilines is 1. The van der Waals surface area contributed by atoms with Crippen LogP contribution in [0.25, 0.3) is 0 Å². The van der Waals surface area contributed by atoms with Crippen molar-refractivity contribution in [2.45, 2.75) is 6.10 Å². The number of rotatable bonds is 2. The summed E-state index contributed by atoms with van der Waals surface area (Å²) in [5.41, 5.74) is 1.82. The predicted molar refractivity (Wildman–Crippen MR) is 88.9 cm³/mol. The maximum Gasteiger partial charge on any atom is 0.254 e. The maximum atomic E-state index is 12.6. The highest BCUT2D eigenvalue weighted by molar-refractivity contribution is 5.94. The Bertz CT molecular complexity index is 526. The molecule has 0 unspecified atom stereocenters. The summed E-state index contributed by atoms with van der Waals surface area (Å²) in [5, 5.41) is 9.76. The number of aliphatic hydroxyl groups is 1. The van der Waals surface area contributed by atoms with Gasteiger partial charge in [0.05, 0.1) is 19.3 Å². The molecule has 1 amide bonds. The van der Waals surface area contributed by atoms with Crippen molar-refractivity contribution in [3.63, 3.8) is 0 Å². The van der Waals surface area contributed by atoms with Crippen molar-refractivity contribution >= 4 is 11.6 Å². The molecule has 6 nitrogen and oxygen atoms in total. The smallest absolute Gasteiger partial charge is 0.254 e.